The molecule has 2 heterocycles. The number of rotatable bonds is 17. The number of carboxylic acids is 1. The molecular weight excluding hydrogens is 809 g/mol. The Hall–Kier alpha value is -5.62. The first-order chi connectivity index (χ1) is 28.6. The second-order valence-electron chi connectivity index (χ2n) is 16.2. The maximum Gasteiger partial charge on any atom is 0.490 e. The number of hydrogen-bond donors (Lipinski definition) is 3. The first-order valence-electron chi connectivity index (χ1n) is 19.7. The van der Waals surface area contributed by atoms with Crippen LogP contribution in [0.1, 0.15) is 88.6 Å². The van der Waals surface area contributed by atoms with Crippen LogP contribution in [-0.2, 0) is 35.2 Å². The number of aromatic nitrogens is 2. The Balaban J connectivity index is 0.00000107. The van der Waals surface area contributed by atoms with Gasteiger partial charge in [0.25, 0.3) is 11.8 Å². The molecule has 1 aliphatic carbocycles. The molecule has 5 rings (SSSR count). The van der Waals surface area contributed by atoms with Crippen molar-refractivity contribution in [2.24, 2.45) is 23.0 Å². The average molecular weight is 860 g/mol. The minimum Gasteiger partial charge on any atom is -0.475 e. The zero-order chi connectivity index (χ0) is 45.2. The van der Waals surface area contributed by atoms with E-state index in [2.05, 4.69) is 0 Å². The third-order valence-electron chi connectivity index (χ3n) is 10.6. The van der Waals surface area contributed by atoms with Crippen LogP contribution in [0.25, 0.3) is 5.69 Å². The summed E-state index contributed by atoms with van der Waals surface area (Å²) in [5.41, 5.74) is 7.71. The number of nitrogens with two attached hydrogens (primary N) is 1. The van der Waals surface area contributed by atoms with Crippen LogP contribution >= 0.6 is 0 Å². The second-order valence-corrected chi connectivity index (χ2v) is 16.2. The highest BCUT2D eigenvalue weighted by molar-refractivity contribution is 6.12. The summed E-state index contributed by atoms with van der Waals surface area (Å²) in [5, 5.41) is 22.0. The maximum absolute atomic E-state index is 15.0. The van der Waals surface area contributed by atoms with Gasteiger partial charge in [-0.15, -0.1) is 0 Å². The molecule has 13 nitrogen and oxygen atoms in total. The lowest BCUT2D eigenvalue weighted by atomic mass is 9.81. The molecule has 1 fully saturated rings. The SMILES string of the molecule is CC(C)(C)[C@H](c1nn(-c2cc(F)ccc2F)cc1Cc1ccccc1)N(CC[C@H](N)C(=O)C[C@H]1CC[C@@H](C(=O)CCCN2C(=O)C=CC2=O)C1)C(=O)CO.O=C(O)C(F)(F)F. The molecule has 3 amide bonds. The number of hydrogen-bond acceptors (Lipinski definition) is 9. The smallest absolute Gasteiger partial charge is 0.475 e. The van der Waals surface area contributed by atoms with Crippen LogP contribution in [0.3, 0.4) is 0 Å². The third kappa shape index (κ3) is 13.2. The number of imide groups is 1. The molecule has 2 aromatic carbocycles. The molecule has 1 aliphatic heterocycles. The van der Waals surface area contributed by atoms with Crippen LogP contribution in [0.15, 0.2) is 66.9 Å². The van der Waals surface area contributed by atoms with Crippen molar-refractivity contribution in [3.05, 3.63) is 95.3 Å². The molecule has 4 N–H and O–H groups in total. The van der Waals surface area contributed by atoms with Crippen LogP contribution in [0.4, 0.5) is 22.0 Å². The Morgan fingerprint density at radius 1 is 0.984 bits per heavy atom. The topological polar surface area (TPSA) is 193 Å². The lowest BCUT2D eigenvalue weighted by Gasteiger charge is -2.40. The Labute approximate surface area is 349 Å². The molecule has 3 aromatic rings. The number of nitrogens with zero attached hydrogens (tertiary/aromatic N) is 4. The molecule has 4 atom stereocenters. The lowest BCUT2D eigenvalue weighted by molar-refractivity contribution is -0.192. The van der Waals surface area contributed by atoms with Gasteiger partial charge in [0, 0.05) is 68.2 Å². The third-order valence-corrected chi connectivity index (χ3v) is 10.6. The van der Waals surface area contributed by atoms with Gasteiger partial charge in [0.05, 0.1) is 17.8 Å². The number of aliphatic hydroxyl groups is 1. The Kier molecular flexibility index (Phi) is 16.4. The predicted octanol–water partition coefficient (Wildman–Crippen LogP) is 5.65. The van der Waals surface area contributed by atoms with Crippen LogP contribution in [-0.4, -0.2) is 97.0 Å². The van der Waals surface area contributed by atoms with Crippen LogP contribution < -0.4 is 5.73 Å². The van der Waals surface area contributed by atoms with E-state index in [1.54, 1.807) is 6.20 Å². The van der Waals surface area contributed by atoms with Crippen molar-refractivity contribution in [2.75, 3.05) is 19.7 Å². The number of alkyl halides is 3. The van der Waals surface area contributed by atoms with Crippen molar-refractivity contribution >= 4 is 35.3 Å². The average Bonchev–Trinajstić information content (AvgIpc) is 3.92. The van der Waals surface area contributed by atoms with E-state index in [-0.39, 0.29) is 73.3 Å². The molecular formula is C43H50F5N5O8. The van der Waals surface area contributed by atoms with Gasteiger partial charge in [0.1, 0.15) is 35.5 Å². The Bertz CT molecular complexity index is 2080. The molecule has 2 aliphatic rings. The number of benzene rings is 2. The van der Waals surface area contributed by atoms with E-state index >= 15 is 4.39 Å². The summed E-state index contributed by atoms with van der Waals surface area (Å²) in [7, 11) is 0. The second kappa shape index (κ2) is 20.8. The Morgan fingerprint density at radius 2 is 1.62 bits per heavy atom. The van der Waals surface area contributed by atoms with Gasteiger partial charge >= 0.3 is 12.1 Å². The maximum atomic E-state index is 15.0. The van der Waals surface area contributed by atoms with E-state index in [0.717, 1.165) is 28.7 Å². The van der Waals surface area contributed by atoms with Crippen molar-refractivity contribution in [3.63, 3.8) is 0 Å². The molecule has 0 bridgehead atoms. The van der Waals surface area contributed by atoms with Gasteiger partial charge in [0.15, 0.2) is 0 Å². The van der Waals surface area contributed by atoms with Gasteiger partial charge < -0.3 is 20.8 Å². The largest absolute Gasteiger partial charge is 0.490 e. The lowest BCUT2D eigenvalue weighted by Crippen LogP contribution is -2.46. The van der Waals surface area contributed by atoms with E-state index in [1.807, 2.05) is 51.1 Å². The molecule has 330 valence electrons. The molecule has 0 spiro atoms. The molecule has 18 heteroatoms. The predicted molar refractivity (Wildman–Crippen MR) is 211 cm³/mol. The number of aliphatic hydroxyl groups excluding tert-OH is 1. The summed E-state index contributed by atoms with van der Waals surface area (Å²) >= 11 is 0. The molecule has 0 unspecified atom stereocenters. The number of Topliss-reactive ketones (excluding diaryl/α,β-unsaturated/α-hetero) is 2. The number of ketones is 2. The van der Waals surface area contributed by atoms with Gasteiger partial charge in [-0.1, -0.05) is 51.1 Å². The van der Waals surface area contributed by atoms with Gasteiger partial charge in [-0.3, -0.25) is 28.9 Å². The van der Waals surface area contributed by atoms with Crippen molar-refractivity contribution < 1.29 is 60.9 Å². The highest BCUT2D eigenvalue weighted by Crippen LogP contribution is 2.40. The van der Waals surface area contributed by atoms with Gasteiger partial charge in [-0.2, -0.15) is 18.3 Å². The minimum absolute atomic E-state index is 0.0174. The number of carbonyl (C=O) groups is 6. The van der Waals surface area contributed by atoms with E-state index in [1.165, 1.54) is 21.7 Å². The molecule has 1 aromatic heterocycles. The summed E-state index contributed by atoms with van der Waals surface area (Å²) in [6, 6.07) is 10.9. The van der Waals surface area contributed by atoms with Crippen LogP contribution in [0.2, 0.25) is 0 Å². The molecule has 0 radical (unpaired) electrons. The quantitative estimate of drug-likeness (QED) is 0.113. The van der Waals surface area contributed by atoms with Crippen LogP contribution in [0, 0.1) is 28.9 Å². The number of carboxylic acid groups (broad SMARTS) is 1. The summed E-state index contributed by atoms with van der Waals surface area (Å²) in [4.78, 5) is 74.8. The minimum atomic E-state index is -5.08. The van der Waals surface area contributed by atoms with Crippen molar-refractivity contribution in [1.29, 1.82) is 0 Å². The van der Waals surface area contributed by atoms with Crippen molar-refractivity contribution in [3.8, 4) is 5.69 Å². The fourth-order valence-electron chi connectivity index (χ4n) is 7.60. The zero-order valence-electron chi connectivity index (χ0n) is 34.0. The normalized spacial score (nSPS) is 17.5. The van der Waals surface area contributed by atoms with E-state index < -0.39 is 53.8 Å². The van der Waals surface area contributed by atoms with Crippen molar-refractivity contribution in [2.45, 2.75) is 90.4 Å². The summed E-state index contributed by atoms with van der Waals surface area (Å²) < 4.78 is 62.3. The van der Waals surface area contributed by atoms with E-state index in [4.69, 9.17) is 20.7 Å². The fourth-order valence-corrected chi connectivity index (χ4v) is 7.60. The summed E-state index contributed by atoms with van der Waals surface area (Å²) in [6.07, 6.45) is 2.18. The molecule has 1 saturated carbocycles. The highest BCUT2D eigenvalue weighted by Gasteiger charge is 2.40. The number of aliphatic carboxylic acids is 1. The Morgan fingerprint density at radius 3 is 2.21 bits per heavy atom. The van der Waals surface area contributed by atoms with Crippen LogP contribution in [0.5, 0.6) is 0 Å². The molecule has 0 saturated heterocycles. The highest BCUT2D eigenvalue weighted by atomic mass is 19.4. The summed E-state index contributed by atoms with van der Waals surface area (Å²) in [6.45, 7) is 5.14. The first kappa shape index (κ1) is 48.1. The fraction of sp³-hybridized carbons (Fsp3) is 0.465. The van der Waals surface area contributed by atoms with E-state index in [9.17, 15) is 46.6 Å². The van der Waals surface area contributed by atoms with Gasteiger partial charge in [0.2, 0.25) is 5.91 Å². The van der Waals surface area contributed by atoms with E-state index in [0.29, 0.717) is 43.4 Å². The van der Waals surface area contributed by atoms with Gasteiger partial charge in [-0.05, 0) is 61.1 Å². The van der Waals surface area contributed by atoms with Crippen molar-refractivity contribution in [1.82, 2.24) is 19.6 Å². The van der Waals surface area contributed by atoms with Gasteiger partial charge in [-0.25, -0.2) is 18.3 Å². The standard InChI is InChI=1S/C41H49F2N5O6.C2HF3O2/c1-41(2,3)40(39-29(20-26-8-5-4-6-9-26)24-48(45-39)33-23-30(42)13-14-31(33)43)47(38(54)25-49)19-17-32(44)35(51)22-27-11-12-28(21-27)34(50)10-7-18-46-36(52)15-16-37(46)53;3-2(4,5)1(6)7/h4-6,8-9,13-16,23-24,27-28,32,40,49H,7,10-12,17-22,25,44H2,1-3H3;(H,6,7)/t27-,28+,32-,40-;/m0./s1. The summed E-state index contributed by atoms with van der Waals surface area (Å²) in [5.74, 6) is -5.77. The number of carbonyl (C=O) groups excluding carboxylic acids is 5. The first-order valence-corrected chi connectivity index (χ1v) is 19.7. The number of amides is 3. The number of halogens is 5. The molecule has 61 heavy (non-hydrogen) atoms. The zero-order valence-corrected chi connectivity index (χ0v) is 34.0. The monoisotopic (exact) mass is 859 g/mol.